The number of aromatic nitrogens is 2. The van der Waals surface area contributed by atoms with Crippen molar-refractivity contribution in [1.29, 1.82) is 5.26 Å². The number of anilines is 1. The van der Waals surface area contributed by atoms with E-state index in [1.54, 1.807) is 0 Å². The van der Waals surface area contributed by atoms with Crippen LogP contribution in [-0.4, -0.2) is 40.8 Å². The zero-order valence-electron chi connectivity index (χ0n) is 17.7. The summed E-state index contributed by atoms with van der Waals surface area (Å²) in [6, 6.07) is 10.5. The third-order valence-corrected chi connectivity index (χ3v) is 7.02. The highest BCUT2D eigenvalue weighted by atomic mass is 16.5. The number of rotatable bonds is 3. The first kappa shape index (κ1) is 19.3. The molecule has 2 aliphatic rings. The molecule has 6 heteroatoms. The van der Waals surface area contributed by atoms with E-state index in [4.69, 9.17) is 9.72 Å². The Kier molecular flexibility index (Phi) is 4.68. The number of hydrogen-bond acceptors (Lipinski definition) is 5. The topological polar surface area (TPSA) is 73.8 Å². The second-order valence-electron chi connectivity index (χ2n) is 9.07. The molecule has 0 saturated carbocycles. The number of nitrogens with zero attached hydrogens (tertiary/aromatic N) is 4. The highest BCUT2D eigenvalue weighted by molar-refractivity contribution is 5.86. The van der Waals surface area contributed by atoms with Crippen molar-refractivity contribution in [2.75, 3.05) is 31.2 Å². The van der Waals surface area contributed by atoms with Crippen LogP contribution in [0.5, 0.6) is 0 Å². The van der Waals surface area contributed by atoms with E-state index < -0.39 is 0 Å². The number of para-hydroxylation sites is 2. The molecule has 5 rings (SSSR count). The molecule has 1 atom stereocenters. The number of hydrogen-bond donors (Lipinski definition) is 1. The molecule has 1 aromatic carbocycles. The first-order valence-electron chi connectivity index (χ1n) is 10.9. The molecular formula is C24H28N4O2. The van der Waals surface area contributed by atoms with Gasteiger partial charge in [-0.05, 0) is 55.7 Å². The van der Waals surface area contributed by atoms with Crippen molar-refractivity contribution in [2.45, 2.75) is 45.6 Å². The van der Waals surface area contributed by atoms with Gasteiger partial charge in [0.2, 0.25) is 0 Å². The largest absolute Gasteiger partial charge is 0.396 e. The smallest absolute Gasteiger partial charge is 0.157 e. The number of ether oxygens (including phenoxy) is 1. The van der Waals surface area contributed by atoms with Gasteiger partial charge in [-0.2, -0.15) is 5.26 Å². The van der Waals surface area contributed by atoms with E-state index in [0.29, 0.717) is 5.56 Å². The van der Waals surface area contributed by atoms with Gasteiger partial charge in [-0.1, -0.05) is 19.1 Å². The monoisotopic (exact) mass is 404 g/mol. The quantitative estimate of drug-likeness (QED) is 0.711. The highest BCUT2D eigenvalue weighted by Crippen LogP contribution is 2.42. The maximum absolute atomic E-state index is 10.1. The van der Waals surface area contributed by atoms with Crippen molar-refractivity contribution in [2.24, 2.45) is 5.41 Å². The molecule has 0 aliphatic carbocycles. The lowest BCUT2D eigenvalue weighted by Crippen LogP contribution is -2.41. The SMILES string of the molecule is Cc1c(C2CCCO2)c(C#N)c2nc3ccccc3n2c1N1CCC(C)(CO)CC1. The highest BCUT2D eigenvalue weighted by Gasteiger charge is 2.34. The van der Waals surface area contributed by atoms with Gasteiger partial charge in [0.1, 0.15) is 17.5 Å². The zero-order valence-corrected chi connectivity index (χ0v) is 17.7. The molecule has 0 amide bonds. The van der Waals surface area contributed by atoms with Crippen molar-refractivity contribution in [3.8, 4) is 6.07 Å². The number of aliphatic hydroxyl groups excluding tert-OH is 1. The summed E-state index contributed by atoms with van der Waals surface area (Å²) in [5.74, 6) is 1.11. The fourth-order valence-corrected chi connectivity index (χ4v) is 5.12. The summed E-state index contributed by atoms with van der Waals surface area (Å²) in [4.78, 5) is 7.29. The lowest BCUT2D eigenvalue weighted by atomic mass is 9.81. The zero-order chi connectivity index (χ0) is 20.9. The number of imidazole rings is 1. The van der Waals surface area contributed by atoms with Gasteiger partial charge >= 0.3 is 0 Å². The predicted molar refractivity (Wildman–Crippen MR) is 117 cm³/mol. The van der Waals surface area contributed by atoms with Gasteiger partial charge in [0.25, 0.3) is 0 Å². The molecule has 2 saturated heterocycles. The fraction of sp³-hybridized carbons (Fsp3) is 0.500. The van der Waals surface area contributed by atoms with Gasteiger partial charge in [-0.15, -0.1) is 0 Å². The van der Waals surface area contributed by atoms with E-state index >= 15 is 0 Å². The molecule has 1 N–H and O–H groups in total. The van der Waals surface area contributed by atoms with E-state index in [1.807, 2.05) is 18.2 Å². The minimum atomic E-state index is -0.0456. The molecule has 0 radical (unpaired) electrons. The van der Waals surface area contributed by atoms with E-state index in [2.05, 4.69) is 35.3 Å². The van der Waals surface area contributed by atoms with Crippen LogP contribution in [0.25, 0.3) is 16.7 Å². The van der Waals surface area contributed by atoms with Crippen molar-refractivity contribution >= 4 is 22.5 Å². The Morgan fingerprint density at radius 3 is 2.73 bits per heavy atom. The van der Waals surface area contributed by atoms with Crippen molar-refractivity contribution in [3.05, 3.63) is 41.0 Å². The molecule has 4 heterocycles. The van der Waals surface area contributed by atoms with Crippen LogP contribution in [0.15, 0.2) is 24.3 Å². The molecular weight excluding hydrogens is 376 g/mol. The summed E-state index contributed by atoms with van der Waals surface area (Å²) in [5, 5.41) is 19.9. The molecule has 0 spiro atoms. The number of aliphatic hydroxyl groups is 1. The number of pyridine rings is 1. The van der Waals surface area contributed by atoms with Crippen LogP contribution in [0, 0.1) is 23.7 Å². The van der Waals surface area contributed by atoms with Crippen LogP contribution in [0.4, 0.5) is 5.82 Å². The van der Waals surface area contributed by atoms with Gasteiger partial charge in [-0.25, -0.2) is 4.98 Å². The minimum absolute atomic E-state index is 0.0233. The molecule has 6 nitrogen and oxygen atoms in total. The maximum Gasteiger partial charge on any atom is 0.157 e. The van der Waals surface area contributed by atoms with Crippen molar-refractivity contribution < 1.29 is 9.84 Å². The third-order valence-electron chi connectivity index (χ3n) is 7.02. The minimum Gasteiger partial charge on any atom is -0.396 e. The Labute approximate surface area is 176 Å². The van der Waals surface area contributed by atoms with E-state index in [-0.39, 0.29) is 18.1 Å². The maximum atomic E-state index is 10.1. The summed E-state index contributed by atoms with van der Waals surface area (Å²) in [6.45, 7) is 6.99. The summed E-state index contributed by atoms with van der Waals surface area (Å²) < 4.78 is 8.21. The molecule has 1 unspecified atom stereocenters. The lowest BCUT2D eigenvalue weighted by molar-refractivity contribution is 0.111. The summed E-state index contributed by atoms with van der Waals surface area (Å²) in [6.07, 6.45) is 3.78. The third kappa shape index (κ3) is 2.88. The van der Waals surface area contributed by atoms with Gasteiger partial charge in [-0.3, -0.25) is 4.40 Å². The predicted octanol–water partition coefficient (Wildman–Crippen LogP) is 4.12. The first-order chi connectivity index (χ1) is 14.6. The lowest BCUT2D eigenvalue weighted by Gasteiger charge is -2.40. The Bertz CT molecular complexity index is 1150. The normalized spacial score (nSPS) is 21.4. The average Bonchev–Trinajstić information content (AvgIpc) is 3.42. The summed E-state index contributed by atoms with van der Waals surface area (Å²) in [7, 11) is 0. The van der Waals surface area contributed by atoms with Crippen LogP contribution in [0.1, 0.15) is 55.4 Å². The fourth-order valence-electron chi connectivity index (χ4n) is 5.12. The van der Waals surface area contributed by atoms with Gasteiger partial charge < -0.3 is 14.7 Å². The molecule has 30 heavy (non-hydrogen) atoms. The second kappa shape index (κ2) is 7.26. The number of fused-ring (bicyclic) bond motifs is 3. The number of piperidine rings is 1. The van der Waals surface area contributed by atoms with E-state index in [9.17, 15) is 10.4 Å². The second-order valence-corrected chi connectivity index (χ2v) is 9.07. The Morgan fingerprint density at radius 1 is 1.30 bits per heavy atom. The van der Waals surface area contributed by atoms with Crippen molar-refractivity contribution in [3.63, 3.8) is 0 Å². The summed E-state index contributed by atoms with van der Waals surface area (Å²) in [5.41, 5.74) is 5.37. The molecule has 2 fully saturated rings. The average molecular weight is 405 g/mol. The van der Waals surface area contributed by atoms with Gasteiger partial charge in [0.05, 0.1) is 17.1 Å². The van der Waals surface area contributed by atoms with Gasteiger partial charge in [0, 0.05) is 31.9 Å². The number of benzene rings is 1. The Balaban J connectivity index is 1.78. The van der Waals surface area contributed by atoms with Crippen LogP contribution in [0.2, 0.25) is 0 Å². The Morgan fingerprint density at radius 2 is 2.07 bits per heavy atom. The molecule has 3 aromatic rings. The molecule has 156 valence electrons. The first-order valence-corrected chi connectivity index (χ1v) is 10.9. The summed E-state index contributed by atoms with van der Waals surface area (Å²) >= 11 is 0. The standard InChI is InChI=1S/C24H28N4O2/c1-16-21(20-8-5-13-30-20)17(14-25)22-26-18-6-3-4-7-19(18)28(22)23(16)27-11-9-24(2,15-29)10-12-27/h3-4,6-7,20,29H,5,8-13,15H2,1-2H3. The number of nitriles is 1. The van der Waals surface area contributed by atoms with Crippen LogP contribution in [0.3, 0.4) is 0 Å². The molecule has 0 bridgehead atoms. The van der Waals surface area contributed by atoms with E-state index in [1.165, 1.54) is 0 Å². The van der Waals surface area contributed by atoms with E-state index in [0.717, 1.165) is 79.0 Å². The van der Waals surface area contributed by atoms with Crippen LogP contribution >= 0.6 is 0 Å². The van der Waals surface area contributed by atoms with Crippen LogP contribution in [-0.2, 0) is 4.74 Å². The Hall–Kier alpha value is -2.62. The molecule has 2 aliphatic heterocycles. The van der Waals surface area contributed by atoms with Crippen molar-refractivity contribution in [1.82, 2.24) is 9.38 Å². The van der Waals surface area contributed by atoms with Crippen LogP contribution < -0.4 is 4.90 Å². The van der Waals surface area contributed by atoms with Gasteiger partial charge in [0.15, 0.2) is 5.65 Å². The molecule has 2 aromatic heterocycles.